The zero-order valence-electron chi connectivity index (χ0n) is 22.1. The molecule has 1 saturated heterocycles. The van der Waals surface area contributed by atoms with Crippen LogP contribution in [-0.2, 0) is 4.79 Å². The van der Waals surface area contributed by atoms with Gasteiger partial charge < -0.3 is 30.0 Å². The first kappa shape index (κ1) is 31.6. The van der Waals surface area contributed by atoms with E-state index in [9.17, 15) is 31.1 Å². The molecule has 1 aromatic heterocycles. The number of rotatable bonds is 7. The molecule has 0 unspecified atom stereocenters. The Morgan fingerprint density at radius 1 is 1.07 bits per heavy atom. The lowest BCUT2D eigenvalue weighted by Crippen LogP contribution is -2.38. The largest absolute Gasteiger partial charge is 0.496 e. The third-order valence-electron chi connectivity index (χ3n) is 6.73. The number of likely N-dealkylation sites (tertiary alicyclic amines) is 1. The molecular weight excluding hydrogens is 564 g/mol. The van der Waals surface area contributed by atoms with Crippen LogP contribution in [0.15, 0.2) is 24.4 Å². The van der Waals surface area contributed by atoms with Crippen molar-refractivity contribution in [1.29, 1.82) is 0 Å². The van der Waals surface area contributed by atoms with Crippen LogP contribution in [0.25, 0.3) is 0 Å². The van der Waals surface area contributed by atoms with Gasteiger partial charge in [-0.25, -0.2) is 22.9 Å². The number of nitrogens with zero attached hydrogens (tertiary/aromatic N) is 2. The topological polar surface area (TPSA) is 124 Å². The number of anilines is 1. The Balaban J connectivity index is 0.000000587. The second-order valence-corrected chi connectivity index (χ2v) is 9.64. The Bertz CT molecular complexity index is 1240. The van der Waals surface area contributed by atoms with Crippen molar-refractivity contribution in [2.75, 3.05) is 39.6 Å². The van der Waals surface area contributed by atoms with E-state index in [1.165, 1.54) is 13.2 Å². The fourth-order valence-electron chi connectivity index (χ4n) is 4.59. The number of carbonyl (C=O) groups is 2. The third-order valence-corrected chi connectivity index (χ3v) is 6.73. The molecule has 1 aliphatic carbocycles. The van der Waals surface area contributed by atoms with Crippen LogP contribution < -0.4 is 19.9 Å². The maximum absolute atomic E-state index is 14.9. The molecule has 1 aromatic carbocycles. The summed E-state index contributed by atoms with van der Waals surface area (Å²) in [5, 5.41) is 7.12. The molecule has 2 heterocycles. The van der Waals surface area contributed by atoms with E-state index in [4.69, 9.17) is 29.8 Å². The Morgan fingerprint density at radius 2 is 1.66 bits per heavy atom. The number of carbonyl (C=O) groups excluding carboxylic acids is 1. The van der Waals surface area contributed by atoms with Gasteiger partial charge >= 0.3 is 12.1 Å². The van der Waals surface area contributed by atoms with Crippen molar-refractivity contribution in [3.8, 4) is 17.2 Å². The highest BCUT2D eigenvalue weighted by molar-refractivity contribution is 5.95. The SMILES string of the molecule is COc1cc(C(=O)N2CCC(c3cnc(N)cc3OC)CC2)c(F)cc1OCC1CC(F)(F)C1.O=C(O)C(F)(F)F. The lowest BCUT2D eigenvalue weighted by molar-refractivity contribution is -0.192. The van der Waals surface area contributed by atoms with E-state index in [2.05, 4.69) is 4.98 Å². The number of alkyl halides is 5. The highest BCUT2D eigenvalue weighted by Gasteiger charge is 2.45. The van der Waals surface area contributed by atoms with E-state index in [1.807, 2.05) is 0 Å². The molecule has 1 saturated carbocycles. The number of carboxylic acid groups (broad SMARTS) is 1. The number of methoxy groups -OCH3 is 2. The van der Waals surface area contributed by atoms with E-state index < -0.39 is 29.8 Å². The van der Waals surface area contributed by atoms with Crippen molar-refractivity contribution >= 4 is 17.7 Å². The van der Waals surface area contributed by atoms with Crippen LogP contribution in [0.2, 0.25) is 0 Å². The number of ether oxygens (including phenoxy) is 3. The molecule has 4 rings (SSSR count). The number of benzene rings is 1. The minimum atomic E-state index is -5.08. The molecule has 0 bridgehead atoms. The number of nitrogens with two attached hydrogens (primary N) is 1. The van der Waals surface area contributed by atoms with Gasteiger partial charge in [-0.15, -0.1) is 0 Å². The first-order valence-electron chi connectivity index (χ1n) is 12.4. The van der Waals surface area contributed by atoms with Crippen LogP contribution in [0.1, 0.15) is 47.5 Å². The number of amides is 1. The summed E-state index contributed by atoms with van der Waals surface area (Å²) in [6.45, 7) is 0.912. The molecule has 226 valence electrons. The van der Waals surface area contributed by atoms with Crippen LogP contribution in [0.4, 0.5) is 32.2 Å². The molecule has 2 fully saturated rings. The molecule has 2 aromatic rings. The molecule has 0 atom stereocenters. The summed E-state index contributed by atoms with van der Waals surface area (Å²) in [6.07, 6.45) is -2.55. The average Bonchev–Trinajstić information content (AvgIpc) is 2.90. The number of halogens is 6. The lowest BCUT2D eigenvalue weighted by Gasteiger charge is -2.34. The summed E-state index contributed by atoms with van der Waals surface area (Å²) in [4.78, 5) is 27.7. The molecule has 2 aliphatic rings. The predicted molar refractivity (Wildman–Crippen MR) is 133 cm³/mol. The Hall–Kier alpha value is -3.91. The number of pyridine rings is 1. The molecule has 9 nitrogen and oxygen atoms in total. The molecule has 1 aliphatic heterocycles. The quantitative estimate of drug-likeness (QED) is 0.435. The molecule has 0 radical (unpaired) electrons. The van der Waals surface area contributed by atoms with Crippen molar-refractivity contribution < 1.29 is 55.2 Å². The summed E-state index contributed by atoms with van der Waals surface area (Å²) < 4.78 is 88.8. The van der Waals surface area contributed by atoms with E-state index >= 15 is 0 Å². The van der Waals surface area contributed by atoms with Gasteiger partial charge in [-0.1, -0.05) is 0 Å². The van der Waals surface area contributed by atoms with Crippen LogP contribution in [-0.4, -0.2) is 72.9 Å². The maximum Gasteiger partial charge on any atom is 0.490 e. The number of aromatic nitrogens is 1. The molecule has 3 N–H and O–H groups in total. The second kappa shape index (κ2) is 12.7. The first-order valence-corrected chi connectivity index (χ1v) is 12.4. The molecule has 0 spiro atoms. The minimum absolute atomic E-state index is 0.0374. The van der Waals surface area contributed by atoms with Crippen LogP contribution >= 0.6 is 0 Å². The Labute approximate surface area is 231 Å². The predicted octanol–water partition coefficient (Wildman–Crippen LogP) is 4.90. The van der Waals surface area contributed by atoms with Crippen molar-refractivity contribution in [3.05, 3.63) is 41.3 Å². The number of hydrogen-bond donors (Lipinski definition) is 2. The number of carboxylic acids is 1. The van der Waals surface area contributed by atoms with Gasteiger partial charge in [0.05, 0.1) is 26.4 Å². The van der Waals surface area contributed by atoms with E-state index in [1.54, 1.807) is 24.3 Å². The van der Waals surface area contributed by atoms with Crippen molar-refractivity contribution in [3.63, 3.8) is 0 Å². The van der Waals surface area contributed by atoms with Gasteiger partial charge in [-0.3, -0.25) is 4.79 Å². The Morgan fingerprint density at radius 3 is 2.17 bits per heavy atom. The van der Waals surface area contributed by atoms with Gasteiger partial charge in [0.1, 0.15) is 17.4 Å². The summed E-state index contributed by atoms with van der Waals surface area (Å²) in [6, 6.07) is 4.07. The van der Waals surface area contributed by atoms with Gasteiger partial charge in [0.15, 0.2) is 11.5 Å². The smallest absolute Gasteiger partial charge is 0.490 e. The van der Waals surface area contributed by atoms with E-state index in [0.717, 1.165) is 11.6 Å². The third kappa shape index (κ3) is 8.07. The number of hydrogen-bond acceptors (Lipinski definition) is 7. The molecule has 41 heavy (non-hydrogen) atoms. The van der Waals surface area contributed by atoms with Gasteiger partial charge in [-0.05, 0) is 24.8 Å². The normalized spacial score (nSPS) is 17.1. The Kier molecular flexibility index (Phi) is 9.81. The first-order chi connectivity index (χ1) is 19.1. The van der Waals surface area contributed by atoms with Crippen LogP contribution in [0.3, 0.4) is 0 Å². The van der Waals surface area contributed by atoms with E-state index in [-0.39, 0.29) is 48.3 Å². The van der Waals surface area contributed by atoms with Gasteiger partial charge in [0.2, 0.25) is 5.92 Å². The van der Waals surface area contributed by atoms with Crippen molar-refractivity contribution in [1.82, 2.24) is 9.88 Å². The summed E-state index contributed by atoms with van der Waals surface area (Å²) in [5.74, 6) is -5.44. The summed E-state index contributed by atoms with van der Waals surface area (Å²) in [5.41, 5.74) is 6.54. The van der Waals surface area contributed by atoms with Crippen molar-refractivity contribution in [2.45, 2.75) is 43.7 Å². The standard InChI is InChI=1S/C24H28F3N3O4.C2HF3O2/c1-32-19-9-22(28)29-12-17(19)15-3-5-30(6-4-15)23(31)16-7-20(33-2)21(8-18(16)25)34-13-14-10-24(26,27)11-14;3-2(4,5)1(6)7/h7-9,12,14-15H,3-6,10-11,13H2,1-2H3,(H2,28,29);(H,6,7). The molecule has 15 heteroatoms. The fraction of sp³-hybridized carbons (Fsp3) is 0.500. The zero-order valence-corrected chi connectivity index (χ0v) is 22.1. The number of aliphatic carboxylic acids is 1. The lowest BCUT2D eigenvalue weighted by atomic mass is 9.82. The minimum Gasteiger partial charge on any atom is -0.496 e. The van der Waals surface area contributed by atoms with Crippen LogP contribution in [0, 0.1) is 11.7 Å². The maximum atomic E-state index is 14.9. The fourth-order valence-corrected chi connectivity index (χ4v) is 4.59. The van der Waals surface area contributed by atoms with Gasteiger partial charge in [-0.2, -0.15) is 13.2 Å². The number of piperidine rings is 1. The summed E-state index contributed by atoms with van der Waals surface area (Å²) >= 11 is 0. The zero-order chi connectivity index (χ0) is 30.5. The monoisotopic (exact) mass is 593 g/mol. The summed E-state index contributed by atoms with van der Waals surface area (Å²) in [7, 11) is 2.95. The second-order valence-electron chi connectivity index (χ2n) is 9.64. The van der Waals surface area contributed by atoms with E-state index in [0.29, 0.717) is 37.5 Å². The highest BCUT2D eigenvalue weighted by atomic mass is 19.4. The van der Waals surface area contributed by atoms with Gasteiger partial charge in [0, 0.05) is 55.7 Å². The average molecular weight is 594 g/mol. The highest BCUT2D eigenvalue weighted by Crippen LogP contribution is 2.43. The van der Waals surface area contributed by atoms with Gasteiger partial charge in [0.25, 0.3) is 5.91 Å². The number of nitrogen functional groups attached to an aromatic ring is 1. The molecular formula is C26H29F6N3O6. The molecule has 1 amide bonds. The van der Waals surface area contributed by atoms with Crippen LogP contribution in [0.5, 0.6) is 17.2 Å². The van der Waals surface area contributed by atoms with Crippen molar-refractivity contribution in [2.24, 2.45) is 5.92 Å².